The van der Waals surface area contributed by atoms with Crippen LogP contribution in [0.1, 0.15) is 29.2 Å². The highest BCUT2D eigenvalue weighted by atomic mass is 35.5. The fourth-order valence-electron chi connectivity index (χ4n) is 4.32. The van der Waals surface area contributed by atoms with E-state index in [0.717, 1.165) is 0 Å². The monoisotopic (exact) mass is 475 g/mol. The van der Waals surface area contributed by atoms with Crippen LogP contribution in [0.25, 0.3) is 23.1 Å². The molecule has 1 saturated heterocycles. The Morgan fingerprint density at radius 1 is 1.33 bits per heavy atom. The molecule has 1 fully saturated rings. The van der Waals surface area contributed by atoms with Gasteiger partial charge in [-0.25, -0.2) is 4.39 Å². The van der Waals surface area contributed by atoms with E-state index in [-0.39, 0.29) is 51.9 Å². The Hall–Kier alpha value is -2.91. The first-order valence-electron chi connectivity index (χ1n) is 10.3. The summed E-state index contributed by atoms with van der Waals surface area (Å²) >= 11 is 6.06. The number of likely N-dealkylation sites (N-methyl/N-ethyl adjacent to an activating group) is 1. The van der Waals surface area contributed by atoms with Crippen molar-refractivity contribution in [3.8, 4) is 11.5 Å². The molecule has 1 aliphatic heterocycles. The number of hydrogen-bond donors (Lipinski definition) is 2. The molecule has 0 spiro atoms. The summed E-state index contributed by atoms with van der Waals surface area (Å²) in [6.07, 6.45) is 2.10. The first-order valence-corrected chi connectivity index (χ1v) is 10.7. The van der Waals surface area contributed by atoms with Gasteiger partial charge in [-0.05, 0) is 24.3 Å². The number of piperidine rings is 1. The molecule has 0 amide bonds. The molecule has 3 aromatic rings. The maximum Gasteiger partial charge on any atom is 0.197 e. The third kappa shape index (κ3) is 4.47. The standard InChI is InChI=1S/C24H23ClFNO6/c1-27(31)9-8-15(20(30)12-27)22-21(32-2)11-19(29)23-18(28)10-13(33-24(22)23)6-7-14-16(25)4-3-5-17(14)26/h3-7,10-11,15,20,29-30H,8-9,12H2,1-2H3/b7-6+/t15-,20+,27?/m0/s1. The van der Waals surface area contributed by atoms with Crippen LogP contribution < -0.4 is 10.2 Å². The molecule has 9 heteroatoms. The van der Waals surface area contributed by atoms with Crippen molar-refractivity contribution in [2.45, 2.75) is 18.4 Å². The van der Waals surface area contributed by atoms with Gasteiger partial charge in [-0.3, -0.25) is 4.79 Å². The van der Waals surface area contributed by atoms with Gasteiger partial charge in [0.2, 0.25) is 0 Å². The summed E-state index contributed by atoms with van der Waals surface area (Å²) in [5.41, 5.74) is 0.0518. The summed E-state index contributed by atoms with van der Waals surface area (Å²) in [5, 5.41) is 33.7. The normalized spacial score (nSPS) is 23.3. The Labute approximate surface area is 194 Å². The number of hydroxylamine groups is 3. The van der Waals surface area contributed by atoms with E-state index in [2.05, 4.69) is 0 Å². The van der Waals surface area contributed by atoms with Crippen molar-refractivity contribution in [1.29, 1.82) is 0 Å². The lowest BCUT2D eigenvalue weighted by Gasteiger charge is -2.46. The van der Waals surface area contributed by atoms with E-state index in [1.54, 1.807) is 0 Å². The van der Waals surface area contributed by atoms with Crippen LogP contribution in [-0.2, 0) is 0 Å². The molecule has 2 aromatic carbocycles. The number of halogens is 2. The molecular weight excluding hydrogens is 453 g/mol. The third-order valence-corrected chi connectivity index (χ3v) is 6.29. The van der Waals surface area contributed by atoms with Crippen LogP contribution >= 0.6 is 11.6 Å². The average Bonchev–Trinajstić information content (AvgIpc) is 2.73. The van der Waals surface area contributed by atoms with Crippen molar-refractivity contribution in [1.82, 2.24) is 0 Å². The Morgan fingerprint density at radius 2 is 2.09 bits per heavy atom. The number of aromatic hydroxyl groups is 1. The number of nitrogens with zero attached hydrogens (tertiary/aromatic N) is 1. The van der Waals surface area contributed by atoms with E-state index in [1.165, 1.54) is 56.6 Å². The summed E-state index contributed by atoms with van der Waals surface area (Å²) < 4.78 is 24.9. The lowest BCUT2D eigenvalue weighted by atomic mass is 9.85. The number of hydrogen-bond acceptors (Lipinski definition) is 6. The molecule has 7 nitrogen and oxygen atoms in total. The van der Waals surface area contributed by atoms with Gasteiger partial charge in [0.1, 0.15) is 46.7 Å². The smallest absolute Gasteiger partial charge is 0.197 e. The Kier molecular flexibility index (Phi) is 6.20. The van der Waals surface area contributed by atoms with Crippen LogP contribution in [0.2, 0.25) is 5.02 Å². The largest absolute Gasteiger partial charge is 0.633 e. The number of phenolic OH excluding ortho intramolecular Hbond substituents is 1. The molecule has 0 aliphatic carbocycles. The lowest BCUT2D eigenvalue weighted by Crippen LogP contribution is -2.51. The summed E-state index contributed by atoms with van der Waals surface area (Å²) in [6.45, 7) is 0.217. The van der Waals surface area contributed by atoms with E-state index >= 15 is 0 Å². The number of benzene rings is 2. The minimum absolute atomic E-state index is 0.0359. The van der Waals surface area contributed by atoms with Gasteiger partial charge in [-0.2, -0.15) is 0 Å². The van der Waals surface area contributed by atoms with Gasteiger partial charge in [0, 0.05) is 35.6 Å². The summed E-state index contributed by atoms with van der Waals surface area (Å²) in [7, 11) is 2.89. The predicted molar refractivity (Wildman–Crippen MR) is 124 cm³/mol. The summed E-state index contributed by atoms with van der Waals surface area (Å²) in [6, 6.07) is 6.75. The second-order valence-corrected chi connectivity index (χ2v) is 8.77. The molecule has 0 bridgehead atoms. The molecule has 2 heterocycles. The number of ether oxygens (including phenoxy) is 1. The maximum absolute atomic E-state index is 14.1. The summed E-state index contributed by atoms with van der Waals surface area (Å²) in [5.74, 6) is -1.10. The lowest BCUT2D eigenvalue weighted by molar-refractivity contribution is -0.870. The van der Waals surface area contributed by atoms with Gasteiger partial charge >= 0.3 is 0 Å². The molecule has 4 rings (SSSR count). The van der Waals surface area contributed by atoms with Gasteiger partial charge in [0.25, 0.3) is 0 Å². The summed E-state index contributed by atoms with van der Waals surface area (Å²) in [4.78, 5) is 12.9. The van der Waals surface area contributed by atoms with Crippen LogP contribution in [0.15, 0.2) is 39.5 Å². The zero-order valence-electron chi connectivity index (χ0n) is 18.0. The van der Waals surface area contributed by atoms with Gasteiger partial charge in [0.15, 0.2) is 5.43 Å². The van der Waals surface area contributed by atoms with E-state index in [0.29, 0.717) is 12.0 Å². The molecule has 1 unspecified atom stereocenters. The molecule has 174 valence electrons. The maximum atomic E-state index is 14.1. The fourth-order valence-corrected chi connectivity index (χ4v) is 4.55. The SMILES string of the molecule is COc1cc(O)c2c(=O)cc(/C=C/c3c(F)cccc3Cl)oc2c1[C@H]1CC[N+](C)([O-])C[C@H]1O. The zero-order valence-corrected chi connectivity index (χ0v) is 18.8. The Morgan fingerprint density at radius 3 is 2.76 bits per heavy atom. The third-order valence-electron chi connectivity index (χ3n) is 5.96. The highest BCUT2D eigenvalue weighted by molar-refractivity contribution is 6.32. The first-order chi connectivity index (χ1) is 15.6. The van der Waals surface area contributed by atoms with E-state index in [9.17, 15) is 24.6 Å². The van der Waals surface area contributed by atoms with Crippen LogP contribution in [0, 0.1) is 11.0 Å². The number of aliphatic hydroxyl groups excluding tert-OH is 1. The highest BCUT2D eigenvalue weighted by Crippen LogP contribution is 2.43. The second kappa shape index (κ2) is 8.79. The number of phenols is 1. The topological polar surface area (TPSA) is 103 Å². The van der Waals surface area contributed by atoms with Gasteiger partial charge < -0.3 is 29.2 Å². The van der Waals surface area contributed by atoms with Gasteiger partial charge in [-0.15, -0.1) is 0 Å². The number of aliphatic hydroxyl groups is 1. The highest BCUT2D eigenvalue weighted by Gasteiger charge is 2.37. The number of quaternary nitrogens is 1. The van der Waals surface area contributed by atoms with Crippen molar-refractivity contribution >= 4 is 34.7 Å². The molecule has 0 radical (unpaired) electrons. The quantitative estimate of drug-likeness (QED) is 0.431. The minimum atomic E-state index is -1.01. The molecule has 2 N–H and O–H groups in total. The molecule has 3 atom stereocenters. The van der Waals surface area contributed by atoms with Crippen molar-refractivity contribution in [3.63, 3.8) is 0 Å². The van der Waals surface area contributed by atoms with Gasteiger partial charge in [0.05, 0.1) is 25.7 Å². The van der Waals surface area contributed by atoms with Crippen molar-refractivity contribution in [2.75, 3.05) is 27.2 Å². The number of fused-ring (bicyclic) bond motifs is 1. The number of likely N-dealkylation sites (tertiary alicyclic amines) is 1. The van der Waals surface area contributed by atoms with E-state index in [4.69, 9.17) is 20.8 Å². The molecule has 0 saturated carbocycles. The fraction of sp³-hybridized carbons (Fsp3) is 0.292. The van der Waals surface area contributed by atoms with Crippen molar-refractivity contribution in [3.05, 3.63) is 73.5 Å². The Bertz CT molecular complexity index is 1280. The van der Waals surface area contributed by atoms with Crippen LogP contribution in [0.3, 0.4) is 0 Å². The molecule has 33 heavy (non-hydrogen) atoms. The average molecular weight is 476 g/mol. The number of rotatable bonds is 4. The molecule has 1 aliphatic rings. The molecular formula is C24H23ClFNO6. The second-order valence-electron chi connectivity index (χ2n) is 8.36. The van der Waals surface area contributed by atoms with Crippen LogP contribution in [-0.4, -0.2) is 48.2 Å². The molecule has 1 aromatic heterocycles. The first kappa shape index (κ1) is 23.3. The predicted octanol–water partition coefficient (Wildman–Crippen LogP) is 4.26. The van der Waals surface area contributed by atoms with E-state index in [1.807, 2.05) is 0 Å². The minimum Gasteiger partial charge on any atom is -0.633 e. The van der Waals surface area contributed by atoms with Crippen molar-refractivity contribution in [2.24, 2.45) is 0 Å². The van der Waals surface area contributed by atoms with Gasteiger partial charge in [-0.1, -0.05) is 17.7 Å². The van der Waals surface area contributed by atoms with E-state index < -0.39 is 27.9 Å². The Balaban J connectivity index is 1.89. The van der Waals surface area contributed by atoms with Crippen LogP contribution in [0.5, 0.6) is 11.5 Å². The zero-order chi connectivity index (χ0) is 23.9. The van der Waals surface area contributed by atoms with Crippen molar-refractivity contribution < 1.29 is 28.4 Å². The van der Waals surface area contributed by atoms with Crippen LogP contribution in [0.4, 0.5) is 4.39 Å². The number of methoxy groups -OCH3 is 1.